The van der Waals surface area contributed by atoms with Gasteiger partial charge in [-0.2, -0.15) is 0 Å². The third-order valence-corrected chi connectivity index (χ3v) is 1.14. The van der Waals surface area contributed by atoms with Crippen LogP contribution in [0.1, 0.15) is 27.2 Å². The van der Waals surface area contributed by atoms with E-state index in [4.69, 9.17) is 15.9 Å². The quantitative estimate of drug-likeness (QED) is 0.562. The van der Waals surface area contributed by atoms with Crippen molar-refractivity contribution in [2.24, 2.45) is 11.1 Å². The van der Waals surface area contributed by atoms with Crippen LogP contribution in [0.4, 0.5) is 0 Å². The summed E-state index contributed by atoms with van der Waals surface area (Å²) in [6, 6.07) is 0. The van der Waals surface area contributed by atoms with Gasteiger partial charge in [-0.25, -0.2) is 0 Å². The highest BCUT2D eigenvalue weighted by molar-refractivity contribution is 4.62. The van der Waals surface area contributed by atoms with Crippen molar-refractivity contribution < 1.29 is 10.2 Å². The number of aliphatic hydroxyl groups is 2. The van der Waals surface area contributed by atoms with Crippen molar-refractivity contribution in [3.05, 3.63) is 0 Å². The Morgan fingerprint density at radius 1 is 1.18 bits per heavy atom. The molecule has 0 radical (unpaired) electrons. The van der Waals surface area contributed by atoms with Crippen LogP contribution in [0.3, 0.4) is 0 Å². The van der Waals surface area contributed by atoms with E-state index < -0.39 is 0 Å². The van der Waals surface area contributed by atoms with Crippen LogP contribution in [0.5, 0.6) is 0 Å². The van der Waals surface area contributed by atoms with Crippen molar-refractivity contribution >= 4 is 0 Å². The maximum Gasteiger partial charge on any atom is 0.0504 e. The molecule has 0 aromatic heterocycles. The van der Waals surface area contributed by atoms with Gasteiger partial charge in [0, 0.05) is 5.41 Å². The molecule has 11 heavy (non-hydrogen) atoms. The minimum absolute atomic E-state index is 0.0451. The van der Waals surface area contributed by atoms with Gasteiger partial charge in [0.1, 0.15) is 0 Å². The second-order valence-electron chi connectivity index (χ2n) is 3.27. The van der Waals surface area contributed by atoms with Crippen molar-refractivity contribution in [2.45, 2.75) is 27.2 Å². The van der Waals surface area contributed by atoms with E-state index in [2.05, 4.69) is 6.92 Å². The summed E-state index contributed by atoms with van der Waals surface area (Å²) < 4.78 is 0. The maximum atomic E-state index is 8.43. The number of rotatable bonds is 3. The van der Waals surface area contributed by atoms with Gasteiger partial charge in [-0.05, 0) is 13.0 Å². The minimum atomic E-state index is -0.306. The van der Waals surface area contributed by atoms with Crippen LogP contribution in [-0.4, -0.2) is 30.0 Å². The van der Waals surface area contributed by atoms with Gasteiger partial charge in [0.05, 0.1) is 13.2 Å². The summed E-state index contributed by atoms with van der Waals surface area (Å²) in [5, 5.41) is 16.9. The monoisotopic (exact) mass is 163 g/mol. The van der Waals surface area contributed by atoms with E-state index in [-0.39, 0.29) is 18.6 Å². The summed E-state index contributed by atoms with van der Waals surface area (Å²) in [6.45, 7) is 6.56. The third-order valence-electron chi connectivity index (χ3n) is 1.14. The molecule has 0 saturated carbocycles. The van der Waals surface area contributed by atoms with Crippen LogP contribution in [-0.2, 0) is 0 Å². The lowest BCUT2D eigenvalue weighted by Gasteiger charge is -2.16. The van der Waals surface area contributed by atoms with E-state index in [9.17, 15) is 0 Å². The molecule has 70 valence electrons. The zero-order chi connectivity index (χ0) is 9.33. The van der Waals surface area contributed by atoms with Gasteiger partial charge in [0.2, 0.25) is 0 Å². The second-order valence-corrected chi connectivity index (χ2v) is 3.27. The van der Waals surface area contributed by atoms with Gasteiger partial charge in [0.15, 0.2) is 0 Å². The maximum absolute atomic E-state index is 8.43. The number of hydrogen-bond acceptors (Lipinski definition) is 3. The highest BCUT2D eigenvalue weighted by Gasteiger charge is 2.13. The van der Waals surface area contributed by atoms with Crippen molar-refractivity contribution in [3.8, 4) is 0 Å². The molecule has 0 bridgehead atoms. The molecule has 0 saturated heterocycles. The van der Waals surface area contributed by atoms with Crippen molar-refractivity contribution in [3.63, 3.8) is 0 Å². The van der Waals surface area contributed by atoms with Gasteiger partial charge < -0.3 is 15.9 Å². The minimum Gasteiger partial charge on any atom is -0.396 e. The third kappa shape index (κ3) is 13.0. The predicted molar refractivity (Wildman–Crippen MR) is 47.3 cm³/mol. The molecule has 0 unspecified atom stereocenters. The van der Waals surface area contributed by atoms with E-state index in [0.717, 1.165) is 13.0 Å². The Morgan fingerprint density at radius 2 is 1.45 bits per heavy atom. The largest absolute Gasteiger partial charge is 0.396 e. The van der Waals surface area contributed by atoms with Gasteiger partial charge in [-0.3, -0.25) is 0 Å². The first-order valence-corrected chi connectivity index (χ1v) is 3.95. The van der Waals surface area contributed by atoms with Crippen molar-refractivity contribution in [1.82, 2.24) is 0 Å². The molecule has 0 fully saturated rings. The Morgan fingerprint density at radius 3 is 1.45 bits per heavy atom. The molecule has 3 heteroatoms. The fourth-order valence-electron chi connectivity index (χ4n) is 0.0500. The molecular formula is C8H21NO2. The molecule has 4 N–H and O–H groups in total. The Hall–Kier alpha value is -0.120. The fraction of sp³-hybridized carbons (Fsp3) is 1.00. The predicted octanol–water partition coefficient (Wildman–Crippen LogP) is 0.352. The molecule has 0 atom stereocenters. The average molecular weight is 163 g/mol. The number of hydrogen-bond donors (Lipinski definition) is 3. The molecule has 0 spiro atoms. The Balaban J connectivity index is 0. The highest BCUT2D eigenvalue weighted by atomic mass is 16.3. The first-order chi connectivity index (χ1) is 5.04. The molecule has 0 aliphatic heterocycles. The first kappa shape index (κ1) is 13.5. The van der Waals surface area contributed by atoms with E-state index in [1.807, 2.05) is 0 Å². The molecule has 0 heterocycles. The zero-order valence-electron chi connectivity index (χ0n) is 7.80. The highest BCUT2D eigenvalue weighted by Crippen LogP contribution is 2.10. The fourth-order valence-corrected chi connectivity index (χ4v) is 0.0500. The summed E-state index contributed by atoms with van der Waals surface area (Å²) in [6.07, 6.45) is 1.10. The smallest absolute Gasteiger partial charge is 0.0504 e. The summed E-state index contributed by atoms with van der Waals surface area (Å²) >= 11 is 0. The van der Waals surface area contributed by atoms with Crippen molar-refractivity contribution in [2.75, 3.05) is 19.8 Å². The van der Waals surface area contributed by atoms with Gasteiger partial charge in [-0.15, -0.1) is 0 Å². The molecule has 0 aromatic carbocycles. The van der Waals surface area contributed by atoms with Crippen LogP contribution in [0.15, 0.2) is 0 Å². The SMILES string of the molecule is CC(C)(CO)CO.CCCN. The molecule has 0 aliphatic rings. The molecule has 0 rings (SSSR count). The van der Waals surface area contributed by atoms with Gasteiger partial charge in [0.25, 0.3) is 0 Å². The van der Waals surface area contributed by atoms with E-state index >= 15 is 0 Å². The van der Waals surface area contributed by atoms with E-state index in [0.29, 0.717) is 0 Å². The normalized spacial score (nSPS) is 10.4. The molecular weight excluding hydrogens is 142 g/mol. The Labute approximate surface area is 69.2 Å². The molecule has 0 aromatic rings. The summed E-state index contributed by atoms with van der Waals surface area (Å²) in [4.78, 5) is 0. The van der Waals surface area contributed by atoms with Crippen LogP contribution in [0.25, 0.3) is 0 Å². The lowest BCUT2D eigenvalue weighted by atomic mass is 9.97. The topological polar surface area (TPSA) is 66.5 Å². The summed E-state index contributed by atoms with van der Waals surface area (Å²) in [5.41, 5.74) is 4.72. The molecule has 0 aliphatic carbocycles. The van der Waals surface area contributed by atoms with Gasteiger partial charge in [-0.1, -0.05) is 20.8 Å². The number of nitrogens with two attached hydrogens (primary N) is 1. The van der Waals surface area contributed by atoms with Crippen LogP contribution in [0.2, 0.25) is 0 Å². The Bertz CT molecular complexity index is 66.5. The molecule has 0 amide bonds. The van der Waals surface area contributed by atoms with Crippen LogP contribution in [0, 0.1) is 5.41 Å². The Kier molecular flexibility index (Phi) is 9.77. The van der Waals surface area contributed by atoms with Gasteiger partial charge >= 0.3 is 0 Å². The second kappa shape index (κ2) is 7.98. The van der Waals surface area contributed by atoms with Crippen molar-refractivity contribution in [1.29, 1.82) is 0 Å². The average Bonchev–Trinajstić information content (AvgIpc) is 2.05. The van der Waals surface area contributed by atoms with Crippen LogP contribution < -0.4 is 5.73 Å². The lowest BCUT2D eigenvalue weighted by molar-refractivity contribution is 0.0857. The zero-order valence-corrected chi connectivity index (χ0v) is 7.80. The van der Waals surface area contributed by atoms with Crippen LogP contribution >= 0.6 is 0 Å². The molecule has 3 nitrogen and oxygen atoms in total. The first-order valence-electron chi connectivity index (χ1n) is 3.95. The van der Waals surface area contributed by atoms with E-state index in [1.165, 1.54) is 0 Å². The van der Waals surface area contributed by atoms with E-state index in [1.54, 1.807) is 13.8 Å². The summed E-state index contributed by atoms with van der Waals surface area (Å²) in [7, 11) is 0. The lowest BCUT2D eigenvalue weighted by Crippen LogP contribution is -2.20. The standard InChI is InChI=1S/C5H12O2.C3H9N/c1-5(2,3-6)4-7;1-2-3-4/h6-7H,3-4H2,1-2H3;2-4H2,1H3. The summed E-state index contributed by atoms with van der Waals surface area (Å²) in [5.74, 6) is 0. The number of aliphatic hydroxyl groups excluding tert-OH is 2.